The number of carbonyl (C=O) groups is 2. The molecule has 0 bridgehead atoms. The number of nitrogens with zero attached hydrogens (tertiary/aromatic N) is 1. The number of rotatable bonds is 7. The molecule has 0 radical (unpaired) electrons. The molecule has 0 aromatic heterocycles. The van der Waals surface area contributed by atoms with Crippen LogP contribution in [-0.4, -0.2) is 43.9 Å². The Bertz CT molecular complexity index is 720. The van der Waals surface area contributed by atoms with Crippen molar-refractivity contribution in [2.45, 2.75) is 6.04 Å². The predicted molar refractivity (Wildman–Crippen MR) is 99.7 cm³/mol. The number of likely N-dealkylation sites (N-methyl/N-ethyl adjacent to an activating group) is 1. The number of hydrogen-bond donors (Lipinski definition) is 2. The van der Waals surface area contributed by atoms with Gasteiger partial charge in [0.2, 0.25) is 5.91 Å². The first kappa shape index (κ1) is 19.0. The van der Waals surface area contributed by atoms with Gasteiger partial charge in [0.1, 0.15) is 0 Å². The van der Waals surface area contributed by atoms with E-state index < -0.39 is 0 Å². The zero-order chi connectivity index (χ0) is 18.2. The zero-order valence-corrected chi connectivity index (χ0v) is 15.1. The minimum atomic E-state index is -0.329. The number of nitrogens with one attached hydrogen (secondary N) is 2. The lowest BCUT2D eigenvalue weighted by Gasteiger charge is -2.25. The minimum absolute atomic E-state index is 0.0637. The maximum atomic E-state index is 12.0. The van der Waals surface area contributed by atoms with Gasteiger partial charge >= 0.3 is 0 Å². The minimum Gasteiger partial charge on any atom is -0.353 e. The van der Waals surface area contributed by atoms with E-state index >= 15 is 0 Å². The van der Waals surface area contributed by atoms with E-state index in [1.807, 2.05) is 49.3 Å². The predicted octanol–water partition coefficient (Wildman–Crippen LogP) is 2.49. The number of halogens is 1. The fraction of sp³-hybridized carbons (Fsp3) is 0.263. The number of carbonyl (C=O) groups excluding carboxylic acids is 2. The van der Waals surface area contributed by atoms with Crippen LogP contribution >= 0.6 is 11.6 Å². The molecule has 2 aromatic rings. The summed E-state index contributed by atoms with van der Waals surface area (Å²) in [4.78, 5) is 26.1. The van der Waals surface area contributed by atoms with Crippen molar-refractivity contribution in [1.29, 1.82) is 0 Å². The maximum absolute atomic E-state index is 12.0. The second kappa shape index (κ2) is 9.20. The van der Waals surface area contributed by atoms with Crippen molar-refractivity contribution in [2.75, 3.05) is 27.2 Å². The zero-order valence-electron chi connectivity index (χ0n) is 14.3. The van der Waals surface area contributed by atoms with Crippen LogP contribution < -0.4 is 10.6 Å². The standard InChI is InChI=1S/C19H22ClN3O2/c1-23(2)17(14-7-4-3-5-8-14)12-21-18(24)13-22-19(25)15-9-6-10-16(20)11-15/h3-11,17H,12-13H2,1-2H3,(H,21,24)(H,22,25). The van der Waals surface area contributed by atoms with Gasteiger partial charge in [0.25, 0.3) is 5.91 Å². The van der Waals surface area contributed by atoms with Crippen molar-refractivity contribution in [1.82, 2.24) is 15.5 Å². The fourth-order valence-electron chi connectivity index (χ4n) is 2.44. The van der Waals surface area contributed by atoms with Crippen LogP contribution in [0, 0.1) is 0 Å². The van der Waals surface area contributed by atoms with Crippen LogP contribution in [0.4, 0.5) is 0 Å². The SMILES string of the molecule is CN(C)C(CNC(=O)CNC(=O)c1cccc(Cl)c1)c1ccccc1. The monoisotopic (exact) mass is 359 g/mol. The highest BCUT2D eigenvalue weighted by atomic mass is 35.5. The molecule has 0 aliphatic carbocycles. The average molecular weight is 360 g/mol. The fourth-order valence-corrected chi connectivity index (χ4v) is 2.63. The molecule has 1 atom stereocenters. The molecule has 5 nitrogen and oxygen atoms in total. The highest BCUT2D eigenvalue weighted by Gasteiger charge is 2.15. The Hall–Kier alpha value is -2.37. The third-order valence-electron chi connectivity index (χ3n) is 3.80. The summed E-state index contributed by atoms with van der Waals surface area (Å²) in [5, 5.41) is 5.94. The lowest BCUT2D eigenvalue weighted by atomic mass is 10.1. The molecule has 2 rings (SSSR count). The van der Waals surface area contributed by atoms with Gasteiger partial charge in [-0.1, -0.05) is 48.0 Å². The van der Waals surface area contributed by atoms with Crippen molar-refractivity contribution >= 4 is 23.4 Å². The van der Waals surface area contributed by atoms with E-state index in [-0.39, 0.29) is 24.4 Å². The summed E-state index contributed by atoms with van der Waals surface area (Å²) in [6.07, 6.45) is 0. The highest BCUT2D eigenvalue weighted by Crippen LogP contribution is 2.16. The summed E-state index contributed by atoms with van der Waals surface area (Å²) in [5.74, 6) is -0.567. The molecule has 132 valence electrons. The van der Waals surface area contributed by atoms with Crippen molar-refractivity contribution in [3.05, 3.63) is 70.7 Å². The Morgan fingerprint density at radius 1 is 1.04 bits per heavy atom. The molecule has 0 aliphatic heterocycles. The summed E-state index contributed by atoms with van der Waals surface area (Å²) >= 11 is 5.86. The lowest BCUT2D eigenvalue weighted by Crippen LogP contribution is -2.40. The molecular weight excluding hydrogens is 338 g/mol. The van der Waals surface area contributed by atoms with Crippen LogP contribution in [-0.2, 0) is 4.79 Å². The van der Waals surface area contributed by atoms with Crippen LogP contribution in [0.5, 0.6) is 0 Å². The first-order valence-corrected chi connectivity index (χ1v) is 8.37. The third-order valence-corrected chi connectivity index (χ3v) is 4.03. The molecule has 25 heavy (non-hydrogen) atoms. The van der Waals surface area contributed by atoms with E-state index in [2.05, 4.69) is 10.6 Å². The van der Waals surface area contributed by atoms with Gasteiger partial charge in [-0.05, 0) is 37.9 Å². The van der Waals surface area contributed by atoms with Crippen LogP contribution in [0.15, 0.2) is 54.6 Å². The molecule has 0 heterocycles. The first-order valence-electron chi connectivity index (χ1n) is 7.99. The summed E-state index contributed by atoms with van der Waals surface area (Å²) in [7, 11) is 3.93. The molecule has 2 amide bonds. The summed E-state index contributed by atoms with van der Waals surface area (Å²) in [5.41, 5.74) is 1.55. The normalized spacial score (nSPS) is 11.8. The smallest absolute Gasteiger partial charge is 0.251 e. The second-order valence-electron chi connectivity index (χ2n) is 5.89. The molecule has 2 aromatic carbocycles. The van der Waals surface area contributed by atoms with Gasteiger partial charge < -0.3 is 15.5 Å². The van der Waals surface area contributed by atoms with Crippen molar-refractivity contribution in [3.8, 4) is 0 Å². The Morgan fingerprint density at radius 3 is 2.40 bits per heavy atom. The van der Waals surface area contributed by atoms with Crippen LogP contribution in [0.2, 0.25) is 5.02 Å². The molecule has 0 spiro atoms. The summed E-state index contributed by atoms with van der Waals surface area (Å²) in [6, 6.07) is 16.6. The Morgan fingerprint density at radius 2 is 1.76 bits per heavy atom. The molecule has 0 fully saturated rings. The quantitative estimate of drug-likeness (QED) is 0.798. The van der Waals surface area contributed by atoms with E-state index in [0.717, 1.165) is 5.56 Å². The summed E-state index contributed by atoms with van der Waals surface area (Å²) in [6.45, 7) is 0.378. The van der Waals surface area contributed by atoms with Gasteiger partial charge in [-0.2, -0.15) is 0 Å². The van der Waals surface area contributed by atoms with E-state index in [4.69, 9.17) is 11.6 Å². The van der Waals surface area contributed by atoms with Crippen molar-refractivity contribution < 1.29 is 9.59 Å². The largest absolute Gasteiger partial charge is 0.353 e. The van der Waals surface area contributed by atoms with Gasteiger partial charge in [0, 0.05) is 17.1 Å². The van der Waals surface area contributed by atoms with Gasteiger partial charge in [-0.25, -0.2) is 0 Å². The highest BCUT2D eigenvalue weighted by molar-refractivity contribution is 6.30. The molecule has 0 aliphatic rings. The average Bonchev–Trinajstić information content (AvgIpc) is 2.60. The molecule has 0 saturated carbocycles. The first-order chi connectivity index (χ1) is 12.0. The van der Waals surface area contributed by atoms with Gasteiger partial charge in [0.05, 0.1) is 12.6 Å². The van der Waals surface area contributed by atoms with E-state index in [1.165, 1.54) is 0 Å². The Labute approximate surface area is 153 Å². The molecule has 0 saturated heterocycles. The molecule has 1 unspecified atom stereocenters. The number of benzene rings is 2. The Balaban J connectivity index is 1.84. The molecular formula is C19H22ClN3O2. The van der Waals surface area contributed by atoms with E-state index in [0.29, 0.717) is 17.1 Å². The van der Waals surface area contributed by atoms with Crippen LogP contribution in [0.25, 0.3) is 0 Å². The molecule has 2 N–H and O–H groups in total. The van der Waals surface area contributed by atoms with Crippen molar-refractivity contribution in [2.24, 2.45) is 0 Å². The second-order valence-corrected chi connectivity index (χ2v) is 6.32. The van der Waals surface area contributed by atoms with Gasteiger partial charge in [-0.3, -0.25) is 9.59 Å². The number of hydrogen-bond acceptors (Lipinski definition) is 3. The Kier molecular flexibility index (Phi) is 6.98. The summed E-state index contributed by atoms with van der Waals surface area (Å²) < 4.78 is 0. The van der Waals surface area contributed by atoms with Crippen molar-refractivity contribution in [3.63, 3.8) is 0 Å². The number of amides is 2. The topological polar surface area (TPSA) is 61.4 Å². The van der Waals surface area contributed by atoms with E-state index in [1.54, 1.807) is 24.3 Å². The van der Waals surface area contributed by atoms with Gasteiger partial charge in [0.15, 0.2) is 0 Å². The van der Waals surface area contributed by atoms with Crippen LogP contribution in [0.1, 0.15) is 22.0 Å². The lowest BCUT2D eigenvalue weighted by molar-refractivity contribution is -0.120. The molecule has 6 heteroatoms. The third kappa shape index (κ3) is 5.89. The maximum Gasteiger partial charge on any atom is 0.251 e. The van der Waals surface area contributed by atoms with Gasteiger partial charge in [-0.15, -0.1) is 0 Å². The van der Waals surface area contributed by atoms with Crippen LogP contribution in [0.3, 0.4) is 0 Å². The van der Waals surface area contributed by atoms with E-state index in [9.17, 15) is 9.59 Å².